The van der Waals surface area contributed by atoms with E-state index in [9.17, 15) is 9.90 Å². The molecular weight excluding hydrogens is 268 g/mol. The summed E-state index contributed by atoms with van der Waals surface area (Å²) in [5, 5.41) is 16.0. The van der Waals surface area contributed by atoms with Crippen molar-refractivity contribution < 1.29 is 14.7 Å². The number of phenols is 1. The molecule has 0 atom stereocenters. The van der Waals surface area contributed by atoms with E-state index in [-0.39, 0.29) is 5.75 Å². The molecule has 0 bridgehead atoms. The van der Waals surface area contributed by atoms with Gasteiger partial charge in [-0.05, 0) is 38.1 Å². The van der Waals surface area contributed by atoms with Crippen molar-refractivity contribution in [1.29, 1.82) is 0 Å². The summed E-state index contributed by atoms with van der Waals surface area (Å²) < 4.78 is 0. The fourth-order valence-corrected chi connectivity index (χ4v) is 1.76. The van der Waals surface area contributed by atoms with Crippen LogP contribution in [0.3, 0.4) is 0 Å². The summed E-state index contributed by atoms with van der Waals surface area (Å²) in [6.45, 7) is 3.56. The first-order valence-corrected chi connectivity index (χ1v) is 6.44. The molecule has 2 aromatic rings. The molecule has 0 heterocycles. The van der Waals surface area contributed by atoms with Crippen molar-refractivity contribution in [2.45, 2.75) is 13.8 Å². The first kappa shape index (κ1) is 14.6. The van der Waals surface area contributed by atoms with E-state index < -0.39 is 6.09 Å². The van der Waals surface area contributed by atoms with Crippen molar-refractivity contribution in [3.8, 4) is 5.75 Å². The Balaban J connectivity index is 2.03. The van der Waals surface area contributed by atoms with Crippen LogP contribution in [0.5, 0.6) is 5.75 Å². The zero-order valence-electron chi connectivity index (χ0n) is 11.8. The summed E-state index contributed by atoms with van der Waals surface area (Å²) in [5.74, 6) is 0.0916. The predicted molar refractivity (Wildman–Crippen MR) is 81.6 cm³/mol. The van der Waals surface area contributed by atoms with E-state index in [1.54, 1.807) is 49.4 Å². The smallest absolute Gasteiger partial charge is 0.437 e. The Kier molecular flexibility index (Phi) is 4.56. The molecule has 5 heteroatoms. The number of aryl methyl sites for hydroxylation is 1. The van der Waals surface area contributed by atoms with Gasteiger partial charge in [0.25, 0.3) is 0 Å². The number of hydrogen-bond acceptors (Lipinski definition) is 4. The number of rotatable bonds is 3. The van der Waals surface area contributed by atoms with Gasteiger partial charge in [-0.25, -0.2) is 4.79 Å². The molecule has 0 aliphatic carbocycles. The Labute approximate surface area is 122 Å². The van der Waals surface area contributed by atoms with Crippen LogP contribution in [0.1, 0.15) is 18.1 Å². The molecule has 0 saturated heterocycles. The van der Waals surface area contributed by atoms with E-state index in [2.05, 4.69) is 10.5 Å². The molecule has 21 heavy (non-hydrogen) atoms. The van der Waals surface area contributed by atoms with E-state index >= 15 is 0 Å². The Hall–Kier alpha value is -2.82. The lowest BCUT2D eigenvalue weighted by atomic mass is 10.1. The minimum absolute atomic E-state index is 0.0916. The number of nitrogens with one attached hydrogen (secondary N) is 1. The van der Waals surface area contributed by atoms with Crippen LogP contribution >= 0.6 is 0 Å². The third-order valence-electron chi connectivity index (χ3n) is 2.83. The molecule has 5 nitrogen and oxygen atoms in total. The lowest BCUT2D eigenvalue weighted by molar-refractivity contribution is 0.166. The molecule has 0 aliphatic rings. The summed E-state index contributed by atoms with van der Waals surface area (Å²) in [7, 11) is 0. The van der Waals surface area contributed by atoms with Crippen LogP contribution in [0.15, 0.2) is 53.7 Å². The van der Waals surface area contributed by atoms with Crippen molar-refractivity contribution in [2.75, 3.05) is 5.32 Å². The molecule has 2 N–H and O–H groups in total. The average Bonchev–Trinajstić information content (AvgIpc) is 2.48. The number of oxime groups is 1. The van der Waals surface area contributed by atoms with E-state index in [0.29, 0.717) is 17.0 Å². The second-order valence-corrected chi connectivity index (χ2v) is 4.57. The fourth-order valence-electron chi connectivity index (χ4n) is 1.76. The largest absolute Gasteiger partial charge is 0.507 e. The molecule has 108 valence electrons. The predicted octanol–water partition coefficient (Wildman–Crippen LogP) is 3.67. The zero-order chi connectivity index (χ0) is 15.2. The minimum Gasteiger partial charge on any atom is -0.507 e. The number of hydrogen-bond donors (Lipinski definition) is 2. The lowest BCUT2D eigenvalue weighted by Gasteiger charge is -2.06. The molecule has 2 rings (SSSR count). The molecule has 0 fully saturated rings. The Bertz CT molecular complexity index is 666. The summed E-state index contributed by atoms with van der Waals surface area (Å²) in [6, 6.07) is 14.1. The second-order valence-electron chi connectivity index (χ2n) is 4.57. The van der Waals surface area contributed by atoms with Crippen molar-refractivity contribution >= 4 is 17.5 Å². The number of para-hydroxylation sites is 1. The molecule has 0 unspecified atom stereocenters. The lowest BCUT2D eigenvalue weighted by Crippen LogP contribution is -2.11. The molecule has 2 aromatic carbocycles. The van der Waals surface area contributed by atoms with Crippen LogP contribution < -0.4 is 5.32 Å². The highest BCUT2D eigenvalue weighted by molar-refractivity contribution is 6.01. The van der Waals surface area contributed by atoms with Crippen LogP contribution in [0.4, 0.5) is 10.5 Å². The van der Waals surface area contributed by atoms with E-state index in [0.717, 1.165) is 5.56 Å². The molecule has 0 aliphatic heterocycles. The van der Waals surface area contributed by atoms with Crippen molar-refractivity contribution in [2.24, 2.45) is 5.16 Å². The Morgan fingerprint density at radius 2 is 1.90 bits per heavy atom. The van der Waals surface area contributed by atoms with Gasteiger partial charge in [-0.2, -0.15) is 0 Å². The second kappa shape index (κ2) is 6.56. The fraction of sp³-hybridized carbons (Fsp3) is 0.125. The monoisotopic (exact) mass is 284 g/mol. The van der Waals surface area contributed by atoms with Gasteiger partial charge in [0.1, 0.15) is 5.75 Å². The van der Waals surface area contributed by atoms with Gasteiger partial charge in [0, 0.05) is 11.3 Å². The van der Waals surface area contributed by atoms with E-state index in [1.165, 1.54) is 0 Å². The van der Waals surface area contributed by atoms with Crippen molar-refractivity contribution in [3.05, 3.63) is 59.7 Å². The van der Waals surface area contributed by atoms with Crippen LogP contribution in [0, 0.1) is 6.92 Å². The van der Waals surface area contributed by atoms with Crippen LogP contribution in [0.2, 0.25) is 0 Å². The number of benzene rings is 2. The van der Waals surface area contributed by atoms with Crippen LogP contribution in [-0.2, 0) is 4.84 Å². The standard InChI is InChI=1S/C16H16N2O3/c1-11-8-9-15(19)14(10-11)12(2)18-21-16(20)17-13-6-4-3-5-7-13/h3-10,19H,1-2H3,(H,17,20)/b18-12+. The first-order valence-electron chi connectivity index (χ1n) is 6.44. The van der Waals surface area contributed by atoms with Crippen molar-refractivity contribution in [1.82, 2.24) is 0 Å². The number of amides is 1. The first-order chi connectivity index (χ1) is 10.1. The zero-order valence-corrected chi connectivity index (χ0v) is 11.8. The SMILES string of the molecule is C/C(=N\OC(=O)Nc1ccccc1)c1cc(C)ccc1O. The number of phenolic OH excluding ortho intramolecular Hbond substituents is 1. The third kappa shape index (κ3) is 4.07. The third-order valence-corrected chi connectivity index (χ3v) is 2.83. The van der Waals surface area contributed by atoms with E-state index in [4.69, 9.17) is 4.84 Å². The number of carbonyl (C=O) groups excluding carboxylic acids is 1. The topological polar surface area (TPSA) is 70.9 Å². The number of aromatic hydroxyl groups is 1. The van der Waals surface area contributed by atoms with Gasteiger partial charge in [0.15, 0.2) is 0 Å². The molecule has 0 spiro atoms. The summed E-state index contributed by atoms with van der Waals surface area (Å²) in [4.78, 5) is 16.4. The van der Waals surface area contributed by atoms with E-state index in [1.807, 2.05) is 13.0 Å². The maximum absolute atomic E-state index is 11.6. The Morgan fingerprint density at radius 1 is 1.19 bits per heavy atom. The molecule has 0 aromatic heterocycles. The van der Waals surface area contributed by atoms with Gasteiger partial charge in [0.05, 0.1) is 5.71 Å². The summed E-state index contributed by atoms with van der Waals surface area (Å²) >= 11 is 0. The number of carbonyl (C=O) groups is 1. The van der Waals surface area contributed by atoms with Gasteiger partial charge in [-0.15, -0.1) is 0 Å². The number of nitrogens with zero attached hydrogens (tertiary/aromatic N) is 1. The molecule has 0 radical (unpaired) electrons. The maximum atomic E-state index is 11.6. The van der Waals surface area contributed by atoms with Gasteiger partial charge in [-0.3, -0.25) is 10.2 Å². The number of anilines is 1. The molecule has 0 saturated carbocycles. The highest BCUT2D eigenvalue weighted by Gasteiger charge is 2.07. The van der Waals surface area contributed by atoms with Crippen LogP contribution in [0.25, 0.3) is 0 Å². The molecular formula is C16H16N2O3. The quantitative estimate of drug-likeness (QED) is 0.513. The van der Waals surface area contributed by atoms with Gasteiger partial charge < -0.3 is 5.11 Å². The summed E-state index contributed by atoms with van der Waals surface area (Å²) in [5.41, 5.74) is 2.54. The van der Waals surface area contributed by atoms with Crippen molar-refractivity contribution in [3.63, 3.8) is 0 Å². The van der Waals surface area contributed by atoms with Gasteiger partial charge in [-0.1, -0.05) is 35.0 Å². The maximum Gasteiger partial charge on any atom is 0.437 e. The van der Waals surface area contributed by atoms with Gasteiger partial charge >= 0.3 is 6.09 Å². The van der Waals surface area contributed by atoms with Crippen LogP contribution in [-0.4, -0.2) is 16.9 Å². The molecule has 1 amide bonds. The average molecular weight is 284 g/mol. The highest BCUT2D eigenvalue weighted by Crippen LogP contribution is 2.19. The minimum atomic E-state index is -0.687. The normalized spacial score (nSPS) is 11.0. The highest BCUT2D eigenvalue weighted by atomic mass is 16.7. The van der Waals surface area contributed by atoms with Gasteiger partial charge in [0.2, 0.25) is 0 Å². The summed E-state index contributed by atoms with van der Waals surface area (Å²) in [6.07, 6.45) is -0.687. The Morgan fingerprint density at radius 3 is 2.62 bits per heavy atom.